The quantitative estimate of drug-likeness (QED) is 0.355. The van der Waals surface area contributed by atoms with Crippen LogP contribution in [0, 0.1) is 0 Å². The highest BCUT2D eigenvalue weighted by Gasteiger charge is 2.37. The van der Waals surface area contributed by atoms with Gasteiger partial charge < -0.3 is 24.2 Å². The molecule has 29 heavy (non-hydrogen) atoms. The van der Waals surface area contributed by atoms with Crippen LogP contribution in [0.4, 0.5) is 0 Å². The zero-order chi connectivity index (χ0) is 20.9. The van der Waals surface area contributed by atoms with Gasteiger partial charge >= 0.3 is 0 Å². The number of ether oxygens (including phenoxy) is 2. The van der Waals surface area contributed by atoms with Gasteiger partial charge in [0, 0.05) is 25.1 Å². The third-order valence-electron chi connectivity index (χ3n) is 5.62. The number of nitrogens with one attached hydrogen (secondary N) is 1. The predicted molar refractivity (Wildman–Crippen MR) is 104 cm³/mol. The maximum absolute atomic E-state index is 12.9. The Kier molecular flexibility index (Phi) is 7.37. The van der Waals surface area contributed by atoms with Crippen LogP contribution in [0.2, 0.25) is 0 Å². The van der Waals surface area contributed by atoms with Crippen molar-refractivity contribution in [2.75, 3.05) is 33.6 Å². The van der Waals surface area contributed by atoms with E-state index in [0.29, 0.717) is 25.5 Å². The number of Topliss-reactive ketones (excluding diaryl/α,β-unsaturated/α-hetero) is 1. The molecular formula is C20H32N4O5. The summed E-state index contributed by atoms with van der Waals surface area (Å²) < 4.78 is 15.6. The number of carbonyl (C=O) groups excluding carboxylic acids is 2. The molecule has 1 aromatic heterocycles. The Morgan fingerprint density at radius 3 is 2.72 bits per heavy atom. The lowest BCUT2D eigenvalue weighted by molar-refractivity contribution is -0.131. The first kappa shape index (κ1) is 21.9. The molecule has 1 amide bonds. The van der Waals surface area contributed by atoms with Gasteiger partial charge in [0.05, 0.1) is 19.2 Å². The minimum atomic E-state index is -0.522. The van der Waals surface area contributed by atoms with Crippen molar-refractivity contribution in [3.63, 3.8) is 0 Å². The van der Waals surface area contributed by atoms with Crippen molar-refractivity contribution in [3.8, 4) is 0 Å². The van der Waals surface area contributed by atoms with Gasteiger partial charge in [-0.2, -0.15) is 4.98 Å². The van der Waals surface area contributed by atoms with Crippen molar-refractivity contribution in [2.45, 2.75) is 69.9 Å². The molecule has 1 aliphatic carbocycles. The van der Waals surface area contributed by atoms with E-state index in [4.69, 9.17) is 14.0 Å². The topological polar surface area (TPSA) is 107 Å². The summed E-state index contributed by atoms with van der Waals surface area (Å²) in [7, 11) is 1.56. The molecule has 1 saturated heterocycles. The highest BCUT2D eigenvalue weighted by atomic mass is 16.7. The lowest BCUT2D eigenvalue weighted by Crippen LogP contribution is -2.51. The van der Waals surface area contributed by atoms with Gasteiger partial charge in [-0.1, -0.05) is 18.0 Å². The van der Waals surface area contributed by atoms with Gasteiger partial charge in [0.2, 0.25) is 23.4 Å². The molecule has 1 aromatic rings. The van der Waals surface area contributed by atoms with Crippen LogP contribution in [-0.2, 0) is 14.3 Å². The molecule has 1 N–H and O–H groups in total. The molecule has 1 atom stereocenters. The van der Waals surface area contributed by atoms with Crippen molar-refractivity contribution < 1.29 is 23.6 Å². The van der Waals surface area contributed by atoms with Crippen LogP contribution in [0.5, 0.6) is 0 Å². The molecule has 2 heterocycles. The summed E-state index contributed by atoms with van der Waals surface area (Å²) >= 11 is 0. The van der Waals surface area contributed by atoms with Gasteiger partial charge in [0.15, 0.2) is 0 Å². The smallest absolute Gasteiger partial charge is 0.240 e. The van der Waals surface area contributed by atoms with Gasteiger partial charge in [-0.05, 0) is 39.5 Å². The summed E-state index contributed by atoms with van der Waals surface area (Å²) in [6.07, 6.45) is 5.77. The highest BCUT2D eigenvalue weighted by molar-refractivity contribution is 5.99. The first-order chi connectivity index (χ1) is 13.9. The number of amides is 1. The molecule has 0 bridgehead atoms. The van der Waals surface area contributed by atoms with E-state index in [1.807, 2.05) is 13.8 Å². The van der Waals surface area contributed by atoms with Crippen molar-refractivity contribution in [3.05, 3.63) is 11.7 Å². The van der Waals surface area contributed by atoms with Crippen LogP contribution in [0.25, 0.3) is 0 Å². The molecule has 162 valence electrons. The Hall–Kier alpha value is -1.84. The molecule has 2 aliphatic rings. The van der Waals surface area contributed by atoms with Gasteiger partial charge in [-0.3, -0.25) is 9.59 Å². The minimum Gasteiger partial charge on any atom is -0.359 e. The van der Waals surface area contributed by atoms with E-state index in [-0.39, 0.29) is 36.8 Å². The summed E-state index contributed by atoms with van der Waals surface area (Å²) in [5.74, 6) is 0.572. The van der Waals surface area contributed by atoms with E-state index in [0.717, 1.165) is 32.1 Å². The van der Waals surface area contributed by atoms with Crippen LogP contribution in [0.1, 0.15) is 74.8 Å². The number of carbonyl (C=O) groups is 2. The Balaban J connectivity index is 1.56. The molecular weight excluding hydrogens is 376 g/mol. The fraction of sp³-hybridized carbons (Fsp3) is 0.800. The molecule has 2 fully saturated rings. The second-order valence-corrected chi connectivity index (χ2v) is 8.54. The van der Waals surface area contributed by atoms with E-state index in [1.165, 1.54) is 0 Å². The number of likely N-dealkylation sites (tertiary alicyclic amines) is 1. The third kappa shape index (κ3) is 5.61. The fourth-order valence-electron chi connectivity index (χ4n) is 4.01. The normalized spacial score (nSPS) is 20.5. The average Bonchev–Trinajstić information content (AvgIpc) is 3.46. The zero-order valence-corrected chi connectivity index (χ0v) is 17.6. The van der Waals surface area contributed by atoms with E-state index in [9.17, 15) is 9.59 Å². The third-order valence-corrected chi connectivity index (χ3v) is 5.62. The Bertz CT molecular complexity index is 699. The summed E-state index contributed by atoms with van der Waals surface area (Å²) in [5.41, 5.74) is -0.392. The van der Waals surface area contributed by atoms with Crippen molar-refractivity contribution in [1.82, 2.24) is 20.4 Å². The maximum atomic E-state index is 12.9. The second kappa shape index (κ2) is 9.77. The lowest BCUT2D eigenvalue weighted by Gasteiger charge is -2.28. The monoisotopic (exact) mass is 408 g/mol. The fourth-order valence-corrected chi connectivity index (χ4v) is 4.01. The van der Waals surface area contributed by atoms with Crippen LogP contribution < -0.4 is 5.32 Å². The summed E-state index contributed by atoms with van der Waals surface area (Å²) in [6, 6.07) is -0.522. The van der Waals surface area contributed by atoms with Crippen LogP contribution >= 0.6 is 0 Å². The molecule has 0 aromatic carbocycles. The molecule has 0 radical (unpaired) electrons. The Labute approximate surface area is 171 Å². The van der Waals surface area contributed by atoms with E-state index in [1.54, 1.807) is 12.0 Å². The number of aromatic nitrogens is 2. The Morgan fingerprint density at radius 2 is 2.00 bits per heavy atom. The number of ketones is 1. The SMILES string of the molecule is COCOCC(C)(C)NCC(=O)N1CCCC1C(=O)c1noc(C2CCCC2)n1. The minimum absolute atomic E-state index is 0.0952. The number of hydrogen-bond donors (Lipinski definition) is 1. The molecule has 9 heteroatoms. The van der Waals surface area contributed by atoms with Crippen molar-refractivity contribution in [1.29, 1.82) is 0 Å². The highest BCUT2D eigenvalue weighted by Crippen LogP contribution is 2.33. The number of hydrogen-bond acceptors (Lipinski definition) is 8. The van der Waals surface area contributed by atoms with Gasteiger partial charge in [0.1, 0.15) is 6.79 Å². The van der Waals surface area contributed by atoms with Crippen LogP contribution in [0.15, 0.2) is 4.52 Å². The molecule has 3 rings (SSSR count). The number of methoxy groups -OCH3 is 1. The summed E-state index contributed by atoms with van der Waals surface area (Å²) in [5, 5.41) is 7.11. The lowest BCUT2D eigenvalue weighted by atomic mass is 10.1. The molecule has 1 saturated carbocycles. The van der Waals surface area contributed by atoms with Crippen molar-refractivity contribution >= 4 is 11.7 Å². The first-order valence-electron chi connectivity index (χ1n) is 10.4. The summed E-state index contributed by atoms with van der Waals surface area (Å²) in [6.45, 7) is 5.20. The van der Waals surface area contributed by atoms with E-state index >= 15 is 0 Å². The molecule has 1 aliphatic heterocycles. The second-order valence-electron chi connectivity index (χ2n) is 8.54. The largest absolute Gasteiger partial charge is 0.359 e. The van der Waals surface area contributed by atoms with Gasteiger partial charge in [-0.25, -0.2) is 0 Å². The predicted octanol–water partition coefficient (Wildman–Crippen LogP) is 1.89. The van der Waals surface area contributed by atoms with E-state index < -0.39 is 11.6 Å². The van der Waals surface area contributed by atoms with Gasteiger partial charge in [0.25, 0.3) is 0 Å². The van der Waals surface area contributed by atoms with Crippen LogP contribution in [0.3, 0.4) is 0 Å². The zero-order valence-electron chi connectivity index (χ0n) is 17.6. The van der Waals surface area contributed by atoms with Crippen molar-refractivity contribution in [2.24, 2.45) is 0 Å². The molecule has 0 spiro atoms. The standard InChI is InChI=1S/C20H32N4O5/c1-20(2,12-28-13-27-3)21-11-16(25)24-10-6-9-15(24)17(26)18-22-19(29-23-18)14-7-4-5-8-14/h14-15,21H,4-13H2,1-3H3. The maximum Gasteiger partial charge on any atom is 0.240 e. The molecule has 9 nitrogen and oxygen atoms in total. The Morgan fingerprint density at radius 1 is 1.24 bits per heavy atom. The van der Waals surface area contributed by atoms with Crippen LogP contribution in [-0.4, -0.2) is 71.9 Å². The van der Waals surface area contributed by atoms with E-state index in [2.05, 4.69) is 15.5 Å². The summed E-state index contributed by atoms with van der Waals surface area (Å²) in [4.78, 5) is 31.7. The molecule has 1 unspecified atom stereocenters. The number of rotatable bonds is 10. The van der Waals surface area contributed by atoms with Gasteiger partial charge in [-0.15, -0.1) is 0 Å². The first-order valence-corrected chi connectivity index (χ1v) is 10.4. The number of nitrogens with zero attached hydrogens (tertiary/aromatic N) is 3. The average molecular weight is 408 g/mol.